The average molecular weight is 254 g/mol. The number of aromatic nitrogens is 4. The van der Waals surface area contributed by atoms with E-state index in [-0.39, 0.29) is 11.1 Å². The van der Waals surface area contributed by atoms with Crippen molar-refractivity contribution in [1.82, 2.24) is 19.6 Å². The standard InChI is InChI=1S/C12H16F2N4/c1-5-17-11(13)9(7(3)15-17)10-8(4)16-18(6-2)12(10)14/h5-6H2,1-4H3. The zero-order chi connectivity index (χ0) is 13.4. The van der Waals surface area contributed by atoms with Crippen LogP contribution in [0.25, 0.3) is 11.1 Å². The molecular formula is C12H16F2N4. The van der Waals surface area contributed by atoms with Crippen molar-refractivity contribution >= 4 is 0 Å². The molecule has 0 saturated heterocycles. The summed E-state index contributed by atoms with van der Waals surface area (Å²) >= 11 is 0. The fourth-order valence-corrected chi connectivity index (χ4v) is 2.09. The van der Waals surface area contributed by atoms with Gasteiger partial charge in [-0.1, -0.05) is 0 Å². The van der Waals surface area contributed by atoms with Crippen molar-refractivity contribution in [1.29, 1.82) is 0 Å². The molecule has 18 heavy (non-hydrogen) atoms. The third kappa shape index (κ3) is 1.72. The summed E-state index contributed by atoms with van der Waals surface area (Å²) in [5, 5.41) is 8.12. The average Bonchev–Trinajstić information content (AvgIpc) is 2.77. The lowest BCUT2D eigenvalue weighted by Gasteiger charge is -1.99. The van der Waals surface area contributed by atoms with Crippen LogP contribution in [0, 0.1) is 25.7 Å². The third-order valence-corrected chi connectivity index (χ3v) is 2.98. The van der Waals surface area contributed by atoms with Crippen LogP contribution in [0.4, 0.5) is 8.78 Å². The van der Waals surface area contributed by atoms with Crippen LogP contribution in [-0.2, 0) is 13.1 Å². The Labute approximate surface area is 104 Å². The lowest BCUT2D eigenvalue weighted by atomic mass is 10.1. The van der Waals surface area contributed by atoms with E-state index in [2.05, 4.69) is 10.2 Å². The van der Waals surface area contributed by atoms with Crippen LogP contribution in [0.2, 0.25) is 0 Å². The van der Waals surface area contributed by atoms with Gasteiger partial charge in [0.15, 0.2) is 0 Å². The molecule has 0 atom stereocenters. The van der Waals surface area contributed by atoms with E-state index in [1.54, 1.807) is 27.7 Å². The second kappa shape index (κ2) is 4.51. The van der Waals surface area contributed by atoms with Gasteiger partial charge in [-0.2, -0.15) is 19.0 Å². The van der Waals surface area contributed by atoms with Crippen LogP contribution >= 0.6 is 0 Å². The molecule has 0 aliphatic carbocycles. The first-order valence-electron chi connectivity index (χ1n) is 5.97. The topological polar surface area (TPSA) is 35.6 Å². The molecule has 4 nitrogen and oxygen atoms in total. The van der Waals surface area contributed by atoms with Gasteiger partial charge in [-0.05, 0) is 27.7 Å². The van der Waals surface area contributed by atoms with Crippen molar-refractivity contribution in [2.24, 2.45) is 0 Å². The Bertz CT molecular complexity index is 531. The zero-order valence-corrected chi connectivity index (χ0v) is 11.0. The van der Waals surface area contributed by atoms with Gasteiger partial charge in [0, 0.05) is 13.1 Å². The van der Waals surface area contributed by atoms with Crippen LogP contribution in [-0.4, -0.2) is 19.6 Å². The summed E-state index contributed by atoms with van der Waals surface area (Å²) in [5.41, 5.74) is 1.39. The molecule has 0 radical (unpaired) electrons. The molecule has 0 aliphatic rings. The van der Waals surface area contributed by atoms with E-state index >= 15 is 0 Å². The van der Waals surface area contributed by atoms with E-state index in [0.717, 1.165) is 0 Å². The van der Waals surface area contributed by atoms with Crippen molar-refractivity contribution in [2.75, 3.05) is 0 Å². The van der Waals surface area contributed by atoms with Crippen LogP contribution in [0.5, 0.6) is 0 Å². The maximum Gasteiger partial charge on any atom is 0.219 e. The molecule has 0 aromatic carbocycles. The molecule has 0 bridgehead atoms. The Morgan fingerprint density at radius 2 is 1.17 bits per heavy atom. The molecule has 2 rings (SSSR count). The Morgan fingerprint density at radius 1 is 0.833 bits per heavy atom. The number of hydrogen-bond donors (Lipinski definition) is 0. The van der Waals surface area contributed by atoms with Crippen molar-refractivity contribution in [2.45, 2.75) is 40.8 Å². The first-order chi connectivity index (χ1) is 8.51. The molecule has 98 valence electrons. The van der Waals surface area contributed by atoms with Gasteiger partial charge in [0.25, 0.3) is 0 Å². The largest absolute Gasteiger partial charge is 0.239 e. The summed E-state index contributed by atoms with van der Waals surface area (Å²) < 4.78 is 30.8. The molecule has 0 N–H and O–H groups in total. The maximum absolute atomic E-state index is 14.1. The van der Waals surface area contributed by atoms with Crippen molar-refractivity contribution < 1.29 is 8.78 Å². The second-order valence-electron chi connectivity index (χ2n) is 4.13. The molecular weight excluding hydrogens is 238 g/mol. The summed E-state index contributed by atoms with van der Waals surface area (Å²) in [5.74, 6) is -1.01. The number of halogens is 2. The molecule has 0 saturated carbocycles. The molecule has 0 fully saturated rings. The molecule has 0 unspecified atom stereocenters. The minimum absolute atomic E-state index is 0.214. The molecule has 0 amide bonds. The van der Waals surface area contributed by atoms with Crippen LogP contribution in [0.3, 0.4) is 0 Å². The highest BCUT2D eigenvalue weighted by molar-refractivity contribution is 5.68. The highest BCUT2D eigenvalue weighted by atomic mass is 19.1. The Morgan fingerprint density at radius 3 is 1.39 bits per heavy atom. The Hall–Kier alpha value is -1.72. The van der Waals surface area contributed by atoms with Gasteiger partial charge < -0.3 is 0 Å². The predicted octanol–water partition coefficient (Wildman–Crippen LogP) is 2.68. The van der Waals surface area contributed by atoms with E-state index in [9.17, 15) is 8.78 Å². The van der Waals surface area contributed by atoms with E-state index < -0.39 is 11.9 Å². The molecule has 2 aromatic heterocycles. The summed E-state index contributed by atoms with van der Waals surface area (Å²) in [6, 6.07) is 0. The van der Waals surface area contributed by atoms with Crippen molar-refractivity contribution in [3.63, 3.8) is 0 Å². The van der Waals surface area contributed by atoms with E-state index in [4.69, 9.17) is 0 Å². The monoisotopic (exact) mass is 254 g/mol. The number of hydrogen-bond acceptors (Lipinski definition) is 2. The highest BCUT2D eigenvalue weighted by Gasteiger charge is 2.24. The smallest absolute Gasteiger partial charge is 0.219 e. The van der Waals surface area contributed by atoms with Gasteiger partial charge in [0.1, 0.15) is 0 Å². The molecule has 2 heterocycles. The van der Waals surface area contributed by atoms with E-state index in [1.807, 2.05) is 0 Å². The predicted molar refractivity (Wildman–Crippen MR) is 64.2 cm³/mol. The number of rotatable bonds is 3. The summed E-state index contributed by atoms with van der Waals surface area (Å²) in [7, 11) is 0. The van der Waals surface area contributed by atoms with Gasteiger partial charge in [-0.25, -0.2) is 9.36 Å². The Kier molecular flexibility index (Phi) is 3.19. The number of aryl methyl sites for hydroxylation is 4. The van der Waals surface area contributed by atoms with Gasteiger partial charge >= 0.3 is 0 Å². The quantitative estimate of drug-likeness (QED) is 0.844. The summed E-state index contributed by atoms with van der Waals surface area (Å²) in [6.07, 6.45) is 0. The molecule has 6 heteroatoms. The van der Waals surface area contributed by atoms with Gasteiger partial charge in [0.05, 0.1) is 22.5 Å². The normalized spacial score (nSPS) is 11.2. The minimum atomic E-state index is -0.507. The maximum atomic E-state index is 14.1. The first kappa shape index (κ1) is 12.7. The van der Waals surface area contributed by atoms with Crippen LogP contribution in [0.15, 0.2) is 0 Å². The molecule has 0 aliphatic heterocycles. The lowest BCUT2D eigenvalue weighted by Crippen LogP contribution is -2.01. The fourth-order valence-electron chi connectivity index (χ4n) is 2.09. The van der Waals surface area contributed by atoms with E-state index in [1.165, 1.54) is 9.36 Å². The first-order valence-corrected chi connectivity index (χ1v) is 5.97. The van der Waals surface area contributed by atoms with Crippen LogP contribution in [0.1, 0.15) is 25.2 Å². The minimum Gasteiger partial charge on any atom is -0.239 e. The van der Waals surface area contributed by atoms with Crippen molar-refractivity contribution in [3.8, 4) is 11.1 Å². The second-order valence-corrected chi connectivity index (χ2v) is 4.13. The van der Waals surface area contributed by atoms with Gasteiger partial charge in [-0.3, -0.25) is 0 Å². The zero-order valence-electron chi connectivity index (χ0n) is 11.0. The number of nitrogens with zero attached hydrogens (tertiary/aromatic N) is 4. The van der Waals surface area contributed by atoms with Crippen LogP contribution < -0.4 is 0 Å². The van der Waals surface area contributed by atoms with Crippen molar-refractivity contribution in [3.05, 3.63) is 23.3 Å². The molecule has 2 aromatic rings. The molecule has 0 spiro atoms. The SMILES string of the molecule is CCn1nc(C)c(-c2c(C)nn(CC)c2F)c1F. The van der Waals surface area contributed by atoms with Gasteiger partial charge in [-0.15, -0.1) is 0 Å². The van der Waals surface area contributed by atoms with E-state index in [0.29, 0.717) is 24.5 Å². The summed E-state index contributed by atoms with van der Waals surface area (Å²) in [6.45, 7) is 7.75. The highest BCUT2D eigenvalue weighted by Crippen LogP contribution is 2.31. The Balaban J connectivity index is 2.69. The van der Waals surface area contributed by atoms with Gasteiger partial charge in [0.2, 0.25) is 11.9 Å². The lowest BCUT2D eigenvalue weighted by molar-refractivity contribution is 0.465. The summed E-state index contributed by atoms with van der Waals surface area (Å²) in [4.78, 5) is 0. The third-order valence-electron chi connectivity index (χ3n) is 2.98. The fraction of sp³-hybridized carbons (Fsp3) is 0.500.